The lowest BCUT2D eigenvalue weighted by molar-refractivity contribution is 1.49. The molecule has 13 heavy (non-hydrogen) atoms. The first-order valence-corrected chi connectivity index (χ1v) is 5.26. The van der Waals surface area contributed by atoms with Gasteiger partial charge in [-0.2, -0.15) is 0 Å². The van der Waals surface area contributed by atoms with Crippen LogP contribution in [-0.2, 0) is 5.33 Å². The minimum Gasteiger partial charge on any atom is -0.399 e. The van der Waals surface area contributed by atoms with Crippen molar-refractivity contribution < 1.29 is 0 Å². The van der Waals surface area contributed by atoms with E-state index in [-0.39, 0.29) is 0 Å². The molecule has 0 unspecified atom stereocenters. The van der Waals surface area contributed by atoms with Gasteiger partial charge in [0.15, 0.2) is 0 Å². The van der Waals surface area contributed by atoms with Crippen molar-refractivity contribution in [3.05, 3.63) is 42.0 Å². The molecule has 0 bridgehead atoms. The van der Waals surface area contributed by atoms with Crippen LogP contribution in [0.5, 0.6) is 0 Å². The quantitative estimate of drug-likeness (QED) is 0.596. The molecule has 0 radical (unpaired) electrons. The molecule has 0 atom stereocenters. The summed E-state index contributed by atoms with van der Waals surface area (Å²) in [5.41, 5.74) is 7.83. The zero-order chi connectivity index (χ0) is 9.26. The molecule has 2 N–H and O–H groups in total. The third-order valence-electron chi connectivity index (χ3n) is 2.14. The maximum absolute atomic E-state index is 5.73. The minimum absolute atomic E-state index is 0.820. The Morgan fingerprint density at radius 3 is 2.77 bits per heavy atom. The van der Waals surface area contributed by atoms with Crippen molar-refractivity contribution in [1.29, 1.82) is 0 Å². The van der Waals surface area contributed by atoms with Crippen LogP contribution >= 0.6 is 15.9 Å². The summed E-state index contributed by atoms with van der Waals surface area (Å²) in [6, 6.07) is 12.3. The first-order valence-electron chi connectivity index (χ1n) is 4.14. The number of halogens is 1. The van der Waals surface area contributed by atoms with Crippen molar-refractivity contribution in [2.45, 2.75) is 5.33 Å². The average Bonchev–Trinajstić information content (AvgIpc) is 2.17. The van der Waals surface area contributed by atoms with Gasteiger partial charge in [-0.15, -0.1) is 0 Å². The molecule has 0 aliphatic rings. The van der Waals surface area contributed by atoms with Crippen LogP contribution < -0.4 is 5.73 Å². The predicted octanol–water partition coefficient (Wildman–Crippen LogP) is 3.32. The van der Waals surface area contributed by atoms with Gasteiger partial charge < -0.3 is 5.73 Å². The number of fused-ring (bicyclic) bond motifs is 1. The van der Waals surface area contributed by atoms with Gasteiger partial charge in [0.25, 0.3) is 0 Å². The molecule has 0 fully saturated rings. The highest BCUT2D eigenvalue weighted by Crippen LogP contribution is 2.22. The highest BCUT2D eigenvalue weighted by molar-refractivity contribution is 9.08. The monoisotopic (exact) mass is 235 g/mol. The Kier molecular flexibility index (Phi) is 2.23. The van der Waals surface area contributed by atoms with Crippen LogP contribution in [0.25, 0.3) is 10.8 Å². The third kappa shape index (κ3) is 1.54. The normalized spacial score (nSPS) is 10.5. The molecule has 2 aromatic carbocycles. The maximum atomic E-state index is 5.73. The van der Waals surface area contributed by atoms with Crippen LogP contribution in [0.1, 0.15) is 5.56 Å². The fraction of sp³-hybridized carbons (Fsp3) is 0.0909. The van der Waals surface area contributed by atoms with Gasteiger partial charge in [0, 0.05) is 11.0 Å². The van der Waals surface area contributed by atoms with Crippen LogP contribution in [0.4, 0.5) is 5.69 Å². The number of benzene rings is 2. The Morgan fingerprint density at radius 2 is 2.00 bits per heavy atom. The minimum atomic E-state index is 0.820. The molecular weight excluding hydrogens is 226 g/mol. The summed E-state index contributed by atoms with van der Waals surface area (Å²) in [5, 5.41) is 3.35. The summed E-state index contributed by atoms with van der Waals surface area (Å²) in [6.07, 6.45) is 0. The number of alkyl halides is 1. The van der Waals surface area contributed by atoms with Crippen LogP contribution in [0, 0.1) is 0 Å². The topological polar surface area (TPSA) is 26.0 Å². The Hall–Kier alpha value is -1.02. The van der Waals surface area contributed by atoms with Crippen molar-refractivity contribution in [3.8, 4) is 0 Å². The highest BCUT2D eigenvalue weighted by atomic mass is 79.9. The number of nitrogen functional groups attached to an aromatic ring is 1. The molecule has 2 heteroatoms. The van der Waals surface area contributed by atoms with Gasteiger partial charge in [-0.05, 0) is 28.5 Å². The van der Waals surface area contributed by atoms with E-state index in [4.69, 9.17) is 5.73 Å². The highest BCUT2D eigenvalue weighted by Gasteiger charge is 1.98. The lowest BCUT2D eigenvalue weighted by Crippen LogP contribution is -1.86. The number of hydrogen-bond donors (Lipinski definition) is 1. The average molecular weight is 236 g/mol. The van der Waals surface area contributed by atoms with E-state index in [0.717, 1.165) is 11.0 Å². The van der Waals surface area contributed by atoms with Crippen molar-refractivity contribution in [3.63, 3.8) is 0 Å². The van der Waals surface area contributed by atoms with Gasteiger partial charge in [-0.3, -0.25) is 0 Å². The largest absolute Gasteiger partial charge is 0.399 e. The van der Waals surface area contributed by atoms with E-state index in [0.29, 0.717) is 0 Å². The maximum Gasteiger partial charge on any atom is 0.0320 e. The van der Waals surface area contributed by atoms with Crippen molar-refractivity contribution in [1.82, 2.24) is 0 Å². The van der Waals surface area contributed by atoms with Crippen molar-refractivity contribution in [2.75, 3.05) is 5.73 Å². The van der Waals surface area contributed by atoms with E-state index in [1.54, 1.807) is 0 Å². The molecule has 66 valence electrons. The molecule has 0 aliphatic carbocycles. The van der Waals surface area contributed by atoms with Crippen LogP contribution in [0.15, 0.2) is 36.4 Å². The second-order valence-corrected chi connectivity index (χ2v) is 3.59. The van der Waals surface area contributed by atoms with Crippen molar-refractivity contribution in [2.24, 2.45) is 0 Å². The number of rotatable bonds is 1. The van der Waals surface area contributed by atoms with Gasteiger partial charge in [-0.1, -0.05) is 40.2 Å². The second-order valence-electron chi connectivity index (χ2n) is 3.03. The number of anilines is 1. The van der Waals surface area contributed by atoms with E-state index in [1.807, 2.05) is 12.1 Å². The van der Waals surface area contributed by atoms with E-state index in [9.17, 15) is 0 Å². The Morgan fingerprint density at radius 1 is 1.15 bits per heavy atom. The van der Waals surface area contributed by atoms with Gasteiger partial charge in [0.05, 0.1) is 0 Å². The fourth-order valence-electron chi connectivity index (χ4n) is 1.47. The summed E-state index contributed by atoms with van der Waals surface area (Å²) in [4.78, 5) is 0. The van der Waals surface area contributed by atoms with E-state index in [2.05, 4.69) is 40.2 Å². The van der Waals surface area contributed by atoms with Gasteiger partial charge in [0.2, 0.25) is 0 Å². The van der Waals surface area contributed by atoms with E-state index >= 15 is 0 Å². The molecule has 0 aromatic heterocycles. The number of hydrogen-bond acceptors (Lipinski definition) is 1. The third-order valence-corrected chi connectivity index (χ3v) is 2.74. The van der Waals surface area contributed by atoms with Crippen LogP contribution in [-0.4, -0.2) is 0 Å². The second kappa shape index (κ2) is 3.38. The van der Waals surface area contributed by atoms with Crippen LogP contribution in [0.2, 0.25) is 0 Å². The molecule has 0 heterocycles. The molecule has 1 nitrogen and oxygen atoms in total. The van der Waals surface area contributed by atoms with Gasteiger partial charge >= 0.3 is 0 Å². The predicted molar refractivity (Wildman–Crippen MR) is 61.0 cm³/mol. The van der Waals surface area contributed by atoms with Crippen molar-refractivity contribution >= 4 is 32.4 Å². The van der Waals surface area contributed by atoms with Gasteiger partial charge in [-0.25, -0.2) is 0 Å². The SMILES string of the molecule is Nc1ccc2cccc(CBr)c2c1. The van der Waals surface area contributed by atoms with E-state index < -0.39 is 0 Å². The first kappa shape index (κ1) is 8.57. The molecule has 0 spiro atoms. The summed E-state index contributed by atoms with van der Waals surface area (Å²) >= 11 is 3.46. The first-order chi connectivity index (χ1) is 6.31. The summed E-state index contributed by atoms with van der Waals surface area (Å²) in [7, 11) is 0. The Bertz CT molecular complexity index is 437. The molecule has 0 aliphatic heterocycles. The molecule has 2 rings (SSSR count). The Labute approximate surface area is 85.7 Å². The van der Waals surface area contributed by atoms with Gasteiger partial charge in [0.1, 0.15) is 0 Å². The lowest BCUT2D eigenvalue weighted by atomic mass is 10.1. The molecule has 0 amide bonds. The lowest BCUT2D eigenvalue weighted by Gasteiger charge is -2.03. The molecule has 0 saturated heterocycles. The zero-order valence-corrected chi connectivity index (χ0v) is 8.71. The molecular formula is C11H10BrN. The van der Waals surface area contributed by atoms with E-state index in [1.165, 1.54) is 16.3 Å². The fourth-order valence-corrected chi connectivity index (χ4v) is 1.96. The summed E-state index contributed by atoms with van der Waals surface area (Å²) < 4.78 is 0. The smallest absolute Gasteiger partial charge is 0.0320 e. The summed E-state index contributed by atoms with van der Waals surface area (Å²) in [6.45, 7) is 0. The molecule has 0 saturated carbocycles. The van der Waals surface area contributed by atoms with Crippen LogP contribution in [0.3, 0.4) is 0 Å². The summed E-state index contributed by atoms with van der Waals surface area (Å²) in [5.74, 6) is 0. The standard InChI is InChI=1S/C11H10BrN/c12-7-9-3-1-2-8-4-5-10(13)6-11(8)9/h1-6H,7,13H2. The number of nitrogens with two attached hydrogens (primary N) is 1. The Balaban J connectivity index is 2.79. The zero-order valence-electron chi connectivity index (χ0n) is 7.13. The molecule has 2 aromatic rings.